The number of hydrogen-bond donors (Lipinski definition) is 1. The molecular formula is C27H29FN6O4. The second-order valence-electron chi connectivity index (χ2n) is 9.71. The van der Waals surface area contributed by atoms with Crippen LogP contribution in [-0.2, 0) is 16.1 Å². The van der Waals surface area contributed by atoms with Crippen LogP contribution in [0.4, 0.5) is 10.1 Å². The first-order chi connectivity index (χ1) is 18.0. The monoisotopic (exact) mass is 520 g/mol. The summed E-state index contributed by atoms with van der Waals surface area (Å²) in [6.45, 7) is 6.97. The molecule has 0 saturated heterocycles. The number of benzene rings is 2. The number of hydrogen-bond acceptors (Lipinski definition) is 7. The number of nitrogens with one attached hydrogen (secondary N) is 1. The lowest BCUT2D eigenvalue weighted by atomic mass is 10.0. The van der Waals surface area contributed by atoms with E-state index in [2.05, 4.69) is 20.7 Å². The van der Waals surface area contributed by atoms with E-state index in [1.54, 1.807) is 43.3 Å². The van der Waals surface area contributed by atoms with Crippen molar-refractivity contribution in [1.82, 2.24) is 25.5 Å². The summed E-state index contributed by atoms with van der Waals surface area (Å²) in [6, 6.07) is 14.6. The number of carbonyl (C=O) groups is 2. The predicted octanol–water partition coefficient (Wildman–Crippen LogP) is 4.08. The number of ether oxygens (including phenoxy) is 1. The number of methoxy groups -OCH3 is 1. The Morgan fingerprint density at radius 3 is 2.50 bits per heavy atom. The Kier molecular flexibility index (Phi) is 7.56. The van der Waals surface area contributed by atoms with Gasteiger partial charge in [0.15, 0.2) is 5.76 Å². The van der Waals surface area contributed by atoms with Gasteiger partial charge in [0.05, 0.1) is 7.11 Å². The molecule has 38 heavy (non-hydrogen) atoms. The van der Waals surface area contributed by atoms with E-state index in [9.17, 15) is 14.0 Å². The van der Waals surface area contributed by atoms with E-state index in [4.69, 9.17) is 9.15 Å². The summed E-state index contributed by atoms with van der Waals surface area (Å²) in [7, 11) is 1.51. The molecule has 0 bridgehead atoms. The average molecular weight is 521 g/mol. The van der Waals surface area contributed by atoms with Crippen LogP contribution in [0.1, 0.15) is 38.1 Å². The van der Waals surface area contributed by atoms with Crippen molar-refractivity contribution >= 4 is 17.5 Å². The smallest absolute Gasteiger partial charge is 0.251 e. The lowest BCUT2D eigenvalue weighted by molar-refractivity contribution is -0.128. The number of nitrogens with zero attached hydrogens (tertiary/aromatic N) is 5. The van der Waals surface area contributed by atoms with Gasteiger partial charge in [0.2, 0.25) is 11.7 Å². The van der Waals surface area contributed by atoms with E-state index in [-0.39, 0.29) is 12.4 Å². The highest BCUT2D eigenvalue weighted by molar-refractivity contribution is 6.01. The van der Waals surface area contributed by atoms with Crippen molar-refractivity contribution in [3.05, 3.63) is 77.8 Å². The van der Waals surface area contributed by atoms with Crippen molar-refractivity contribution in [3.8, 4) is 17.3 Å². The number of rotatable bonds is 8. The molecule has 10 nitrogen and oxygen atoms in total. The van der Waals surface area contributed by atoms with E-state index in [0.29, 0.717) is 28.5 Å². The predicted molar refractivity (Wildman–Crippen MR) is 138 cm³/mol. The van der Waals surface area contributed by atoms with Crippen molar-refractivity contribution in [1.29, 1.82) is 0 Å². The van der Waals surface area contributed by atoms with Gasteiger partial charge < -0.3 is 14.5 Å². The zero-order valence-corrected chi connectivity index (χ0v) is 21.8. The van der Waals surface area contributed by atoms with E-state index in [1.165, 1.54) is 36.3 Å². The SMILES string of the molecule is COc1cccc(N(C(=O)Cn2nnc(-c3ccc(C)o3)n2)[C@@H](C(=O)NC(C)(C)C)c2ccc(F)cc2)c1. The number of furan rings is 1. The Morgan fingerprint density at radius 1 is 1.13 bits per heavy atom. The van der Waals surface area contributed by atoms with Crippen LogP contribution in [0.15, 0.2) is 65.1 Å². The molecule has 0 saturated carbocycles. The molecule has 4 rings (SSSR count). The number of tetrazole rings is 1. The molecule has 0 radical (unpaired) electrons. The Balaban J connectivity index is 1.76. The van der Waals surface area contributed by atoms with Gasteiger partial charge in [-0.05, 0) is 74.9 Å². The van der Waals surface area contributed by atoms with Crippen molar-refractivity contribution in [2.24, 2.45) is 0 Å². The highest BCUT2D eigenvalue weighted by Gasteiger charge is 2.35. The molecule has 0 unspecified atom stereocenters. The lowest BCUT2D eigenvalue weighted by Gasteiger charge is -2.33. The van der Waals surface area contributed by atoms with Gasteiger partial charge >= 0.3 is 0 Å². The van der Waals surface area contributed by atoms with Gasteiger partial charge in [-0.2, -0.15) is 4.80 Å². The molecule has 1 atom stereocenters. The Bertz CT molecular complexity index is 1420. The second kappa shape index (κ2) is 10.8. The maximum absolute atomic E-state index is 13.9. The van der Waals surface area contributed by atoms with Gasteiger partial charge in [-0.15, -0.1) is 10.2 Å². The first-order valence-electron chi connectivity index (χ1n) is 11.9. The fraction of sp³-hybridized carbons (Fsp3) is 0.296. The van der Waals surface area contributed by atoms with Crippen LogP contribution in [0.2, 0.25) is 0 Å². The highest BCUT2D eigenvalue weighted by atomic mass is 19.1. The molecule has 0 aliphatic heterocycles. The number of carbonyl (C=O) groups excluding carboxylic acids is 2. The number of aromatic nitrogens is 4. The molecule has 1 N–H and O–H groups in total. The van der Waals surface area contributed by atoms with Crippen LogP contribution in [0, 0.1) is 12.7 Å². The number of amides is 2. The Labute approximate surface area is 219 Å². The molecule has 0 aliphatic rings. The van der Waals surface area contributed by atoms with Crippen molar-refractivity contribution in [3.63, 3.8) is 0 Å². The fourth-order valence-electron chi connectivity index (χ4n) is 3.86. The van der Waals surface area contributed by atoms with Gasteiger partial charge in [-0.25, -0.2) is 4.39 Å². The van der Waals surface area contributed by atoms with Gasteiger partial charge in [-0.3, -0.25) is 14.5 Å². The molecule has 0 fully saturated rings. The van der Waals surface area contributed by atoms with Gasteiger partial charge in [0, 0.05) is 17.3 Å². The maximum atomic E-state index is 13.9. The molecule has 2 amide bonds. The third kappa shape index (κ3) is 6.23. The highest BCUT2D eigenvalue weighted by Crippen LogP contribution is 2.31. The zero-order chi connectivity index (χ0) is 27.4. The fourth-order valence-corrected chi connectivity index (χ4v) is 3.86. The zero-order valence-electron chi connectivity index (χ0n) is 21.8. The minimum atomic E-state index is -1.13. The van der Waals surface area contributed by atoms with E-state index in [1.807, 2.05) is 20.8 Å². The molecule has 4 aromatic rings. The van der Waals surface area contributed by atoms with E-state index < -0.39 is 29.2 Å². The number of aryl methyl sites for hydroxylation is 1. The standard InChI is InChI=1S/C27H29FN6O4/c1-17-9-14-22(38-17)25-30-32-33(31-25)16-23(35)34(20-7-6-8-21(15-20)37-5)24(26(36)29-27(2,3)4)18-10-12-19(28)13-11-18/h6-15,24H,16H2,1-5H3,(H,29,36)/t24-/m1/s1. The molecule has 0 aliphatic carbocycles. The number of anilines is 1. The molecular weight excluding hydrogens is 491 g/mol. The Hall–Kier alpha value is -4.54. The van der Waals surface area contributed by atoms with Gasteiger partial charge in [0.25, 0.3) is 5.91 Å². The summed E-state index contributed by atoms with van der Waals surface area (Å²) in [6.07, 6.45) is 0. The first-order valence-corrected chi connectivity index (χ1v) is 11.9. The van der Waals surface area contributed by atoms with Crippen LogP contribution in [-0.4, -0.2) is 44.7 Å². The topological polar surface area (TPSA) is 115 Å². The molecule has 2 aromatic heterocycles. The van der Waals surface area contributed by atoms with Crippen molar-refractivity contribution < 1.29 is 23.1 Å². The van der Waals surface area contributed by atoms with Gasteiger partial charge in [-0.1, -0.05) is 18.2 Å². The van der Waals surface area contributed by atoms with Crippen LogP contribution >= 0.6 is 0 Å². The average Bonchev–Trinajstić information content (AvgIpc) is 3.50. The van der Waals surface area contributed by atoms with Crippen LogP contribution in [0.5, 0.6) is 5.75 Å². The minimum absolute atomic E-state index is 0.222. The van der Waals surface area contributed by atoms with Crippen LogP contribution < -0.4 is 15.0 Å². The summed E-state index contributed by atoms with van der Waals surface area (Å²) in [5, 5.41) is 15.2. The van der Waals surface area contributed by atoms with E-state index in [0.717, 1.165) is 4.80 Å². The van der Waals surface area contributed by atoms with Crippen LogP contribution in [0.3, 0.4) is 0 Å². The minimum Gasteiger partial charge on any atom is -0.497 e. The van der Waals surface area contributed by atoms with Crippen molar-refractivity contribution in [2.45, 2.75) is 45.8 Å². The second-order valence-corrected chi connectivity index (χ2v) is 9.71. The molecule has 0 spiro atoms. The summed E-state index contributed by atoms with van der Waals surface area (Å²) in [4.78, 5) is 30.0. The summed E-state index contributed by atoms with van der Waals surface area (Å²) in [5.74, 6) is 0.400. The first kappa shape index (κ1) is 26.5. The third-order valence-electron chi connectivity index (χ3n) is 5.48. The largest absolute Gasteiger partial charge is 0.497 e. The van der Waals surface area contributed by atoms with E-state index >= 15 is 0 Å². The Morgan fingerprint density at radius 2 is 1.87 bits per heavy atom. The normalized spacial score (nSPS) is 12.2. The van der Waals surface area contributed by atoms with Crippen molar-refractivity contribution in [2.75, 3.05) is 12.0 Å². The number of halogens is 1. The molecule has 2 heterocycles. The third-order valence-corrected chi connectivity index (χ3v) is 5.48. The quantitative estimate of drug-likeness (QED) is 0.372. The van der Waals surface area contributed by atoms with Crippen LogP contribution in [0.25, 0.3) is 11.6 Å². The summed E-state index contributed by atoms with van der Waals surface area (Å²) in [5.41, 5.74) is 0.222. The maximum Gasteiger partial charge on any atom is 0.251 e. The lowest BCUT2D eigenvalue weighted by Crippen LogP contribution is -2.50. The molecule has 11 heteroatoms. The molecule has 198 valence electrons. The summed E-state index contributed by atoms with van der Waals surface area (Å²) >= 11 is 0. The molecule has 2 aromatic carbocycles. The summed E-state index contributed by atoms with van der Waals surface area (Å²) < 4.78 is 24.7. The van der Waals surface area contributed by atoms with Gasteiger partial charge in [0.1, 0.15) is 29.9 Å².